The summed E-state index contributed by atoms with van der Waals surface area (Å²) in [5, 5.41) is 4.33. The fourth-order valence-electron chi connectivity index (χ4n) is 1.98. The smallest absolute Gasteiger partial charge is 0.0417 e. The third kappa shape index (κ3) is 5.29. The Morgan fingerprint density at radius 3 is 2.50 bits per heavy atom. The standard InChI is InChI=1S/C15H23BrClN/c1-5-18-14(8-9-15(2,3)4)12-7-6-11(17)10-13(12)16/h6-7,10,14,18H,5,8-9H2,1-4H3. The van der Waals surface area contributed by atoms with Crippen LogP contribution in [0.15, 0.2) is 22.7 Å². The molecule has 3 heteroatoms. The first kappa shape index (κ1) is 16.0. The van der Waals surface area contributed by atoms with Crippen LogP contribution in [0.3, 0.4) is 0 Å². The lowest BCUT2D eigenvalue weighted by Gasteiger charge is -2.25. The van der Waals surface area contributed by atoms with Gasteiger partial charge in [0.1, 0.15) is 0 Å². The molecule has 0 saturated heterocycles. The lowest BCUT2D eigenvalue weighted by atomic mass is 9.87. The van der Waals surface area contributed by atoms with Crippen molar-refractivity contribution in [2.24, 2.45) is 5.41 Å². The number of halogens is 2. The monoisotopic (exact) mass is 331 g/mol. The van der Waals surface area contributed by atoms with E-state index in [1.165, 1.54) is 12.0 Å². The Balaban J connectivity index is 2.83. The fraction of sp³-hybridized carbons (Fsp3) is 0.600. The summed E-state index contributed by atoms with van der Waals surface area (Å²) in [4.78, 5) is 0. The van der Waals surface area contributed by atoms with Crippen molar-refractivity contribution in [1.29, 1.82) is 0 Å². The third-order valence-electron chi connectivity index (χ3n) is 2.97. The van der Waals surface area contributed by atoms with Crippen LogP contribution >= 0.6 is 27.5 Å². The molecule has 1 nitrogen and oxygen atoms in total. The predicted molar refractivity (Wildman–Crippen MR) is 84.3 cm³/mol. The summed E-state index contributed by atoms with van der Waals surface area (Å²) < 4.78 is 1.09. The van der Waals surface area contributed by atoms with Gasteiger partial charge in [-0.1, -0.05) is 61.3 Å². The Bertz CT molecular complexity index is 385. The van der Waals surface area contributed by atoms with Crippen LogP contribution in [0.25, 0.3) is 0 Å². The largest absolute Gasteiger partial charge is 0.310 e. The molecule has 0 aliphatic heterocycles. The van der Waals surface area contributed by atoms with Gasteiger partial charge >= 0.3 is 0 Å². The maximum Gasteiger partial charge on any atom is 0.0417 e. The Kier molecular flexibility index (Phi) is 6.16. The van der Waals surface area contributed by atoms with Crippen molar-refractivity contribution in [2.45, 2.75) is 46.6 Å². The molecule has 1 unspecified atom stereocenters. The highest BCUT2D eigenvalue weighted by Gasteiger charge is 2.18. The second-order valence-corrected chi connectivity index (χ2v) is 7.17. The topological polar surface area (TPSA) is 12.0 Å². The highest BCUT2D eigenvalue weighted by Crippen LogP contribution is 2.32. The molecule has 0 heterocycles. The van der Waals surface area contributed by atoms with E-state index in [9.17, 15) is 0 Å². The molecule has 18 heavy (non-hydrogen) atoms. The van der Waals surface area contributed by atoms with Gasteiger partial charge < -0.3 is 5.32 Å². The van der Waals surface area contributed by atoms with Crippen LogP contribution in [0.2, 0.25) is 5.02 Å². The molecule has 0 saturated carbocycles. The molecule has 0 radical (unpaired) electrons. The van der Waals surface area contributed by atoms with Crippen LogP contribution in [0, 0.1) is 5.41 Å². The predicted octanol–water partition coefficient (Wildman–Crippen LogP) is 5.58. The van der Waals surface area contributed by atoms with Crippen LogP contribution in [0.4, 0.5) is 0 Å². The van der Waals surface area contributed by atoms with E-state index < -0.39 is 0 Å². The summed E-state index contributed by atoms with van der Waals surface area (Å²) in [5.74, 6) is 0. The summed E-state index contributed by atoms with van der Waals surface area (Å²) in [6.07, 6.45) is 2.33. The van der Waals surface area contributed by atoms with Gasteiger partial charge in [-0.15, -0.1) is 0 Å². The Morgan fingerprint density at radius 1 is 1.33 bits per heavy atom. The van der Waals surface area contributed by atoms with Gasteiger partial charge in [0, 0.05) is 15.5 Å². The maximum atomic E-state index is 6.00. The van der Waals surface area contributed by atoms with Crippen LogP contribution in [0.5, 0.6) is 0 Å². The van der Waals surface area contributed by atoms with Crippen molar-refractivity contribution >= 4 is 27.5 Å². The fourth-order valence-corrected chi connectivity index (χ4v) is 2.93. The van der Waals surface area contributed by atoms with E-state index in [4.69, 9.17) is 11.6 Å². The van der Waals surface area contributed by atoms with Crippen LogP contribution < -0.4 is 5.32 Å². The number of benzene rings is 1. The van der Waals surface area contributed by atoms with Crippen LogP contribution in [-0.2, 0) is 0 Å². The van der Waals surface area contributed by atoms with Crippen molar-refractivity contribution in [3.63, 3.8) is 0 Å². The molecule has 1 rings (SSSR count). The lowest BCUT2D eigenvalue weighted by molar-refractivity contribution is 0.333. The van der Waals surface area contributed by atoms with Gasteiger partial charge in [0.25, 0.3) is 0 Å². The third-order valence-corrected chi connectivity index (χ3v) is 3.89. The lowest BCUT2D eigenvalue weighted by Crippen LogP contribution is -2.23. The summed E-state index contributed by atoms with van der Waals surface area (Å²) in [5.41, 5.74) is 1.66. The van der Waals surface area contributed by atoms with Gasteiger partial charge in [-0.05, 0) is 42.5 Å². The highest BCUT2D eigenvalue weighted by molar-refractivity contribution is 9.10. The normalized spacial score (nSPS) is 13.7. The first-order chi connectivity index (χ1) is 8.33. The van der Waals surface area contributed by atoms with E-state index >= 15 is 0 Å². The minimum absolute atomic E-state index is 0.368. The van der Waals surface area contributed by atoms with Gasteiger partial charge in [0.05, 0.1) is 0 Å². The molecule has 0 spiro atoms. The van der Waals surface area contributed by atoms with Gasteiger partial charge in [-0.3, -0.25) is 0 Å². The number of hydrogen-bond donors (Lipinski definition) is 1. The van der Waals surface area contributed by atoms with Crippen molar-refractivity contribution < 1.29 is 0 Å². The first-order valence-corrected chi connectivity index (χ1v) is 7.69. The second-order valence-electron chi connectivity index (χ2n) is 5.88. The Morgan fingerprint density at radius 2 is 2.00 bits per heavy atom. The van der Waals surface area contributed by atoms with E-state index in [1.54, 1.807) is 0 Å². The molecule has 0 amide bonds. The van der Waals surface area contributed by atoms with E-state index in [1.807, 2.05) is 12.1 Å². The van der Waals surface area contributed by atoms with Crippen molar-refractivity contribution in [1.82, 2.24) is 5.32 Å². The minimum Gasteiger partial charge on any atom is -0.310 e. The van der Waals surface area contributed by atoms with Crippen LogP contribution in [0.1, 0.15) is 52.1 Å². The molecule has 1 N–H and O–H groups in total. The molecule has 0 aliphatic rings. The molecule has 102 valence electrons. The maximum absolute atomic E-state index is 6.00. The van der Waals surface area contributed by atoms with E-state index in [0.29, 0.717) is 11.5 Å². The molecular weight excluding hydrogens is 310 g/mol. The van der Waals surface area contributed by atoms with E-state index in [2.05, 4.69) is 55.0 Å². The quantitative estimate of drug-likeness (QED) is 0.742. The number of rotatable bonds is 5. The summed E-state index contributed by atoms with van der Waals surface area (Å²) >= 11 is 9.61. The SMILES string of the molecule is CCNC(CCC(C)(C)C)c1ccc(Cl)cc1Br. The van der Waals surface area contributed by atoms with Crippen molar-refractivity contribution in [3.05, 3.63) is 33.3 Å². The molecule has 0 aromatic heterocycles. The Hall–Kier alpha value is -0.0500. The molecule has 1 aromatic carbocycles. The molecule has 0 bridgehead atoms. The molecular formula is C15H23BrClN. The molecule has 0 aliphatic carbocycles. The molecule has 1 atom stereocenters. The average molecular weight is 333 g/mol. The van der Waals surface area contributed by atoms with Gasteiger partial charge in [0.15, 0.2) is 0 Å². The summed E-state index contributed by atoms with van der Waals surface area (Å²) in [7, 11) is 0. The highest BCUT2D eigenvalue weighted by atomic mass is 79.9. The second kappa shape index (κ2) is 6.93. The Labute approximate surface area is 124 Å². The zero-order chi connectivity index (χ0) is 13.8. The summed E-state index contributed by atoms with van der Waals surface area (Å²) in [6.45, 7) is 9.98. The number of nitrogens with one attached hydrogen (secondary N) is 1. The van der Waals surface area contributed by atoms with Gasteiger partial charge in [-0.2, -0.15) is 0 Å². The van der Waals surface area contributed by atoms with E-state index in [-0.39, 0.29) is 0 Å². The van der Waals surface area contributed by atoms with Crippen LogP contribution in [-0.4, -0.2) is 6.54 Å². The van der Waals surface area contributed by atoms with E-state index in [0.717, 1.165) is 22.5 Å². The number of hydrogen-bond acceptors (Lipinski definition) is 1. The minimum atomic E-state index is 0.368. The van der Waals surface area contributed by atoms with Crippen molar-refractivity contribution in [2.75, 3.05) is 6.54 Å². The molecule has 1 aromatic rings. The molecule has 0 fully saturated rings. The van der Waals surface area contributed by atoms with Gasteiger partial charge in [-0.25, -0.2) is 0 Å². The summed E-state index contributed by atoms with van der Waals surface area (Å²) in [6, 6.07) is 6.44. The van der Waals surface area contributed by atoms with Crippen molar-refractivity contribution in [3.8, 4) is 0 Å². The first-order valence-electron chi connectivity index (χ1n) is 6.52. The van der Waals surface area contributed by atoms with Gasteiger partial charge in [0.2, 0.25) is 0 Å². The zero-order valence-electron chi connectivity index (χ0n) is 11.7. The average Bonchev–Trinajstić information content (AvgIpc) is 2.24. The zero-order valence-corrected chi connectivity index (χ0v) is 14.0.